The van der Waals surface area contributed by atoms with E-state index >= 15 is 0 Å². The number of para-hydroxylation sites is 1. The van der Waals surface area contributed by atoms with Crippen molar-refractivity contribution in [1.29, 1.82) is 0 Å². The average molecular weight is 267 g/mol. The Labute approximate surface area is 139 Å². The maximum atomic E-state index is 10.5. The van der Waals surface area contributed by atoms with E-state index in [4.69, 9.17) is 0 Å². The predicted octanol–water partition coefficient (Wildman–Crippen LogP) is -1.94. The molecule has 0 aliphatic rings. The van der Waals surface area contributed by atoms with Gasteiger partial charge < -0.3 is 9.45 Å². The summed E-state index contributed by atoms with van der Waals surface area (Å²) in [4.78, 5) is 1.86. The van der Waals surface area contributed by atoms with Crippen LogP contribution in [-0.4, -0.2) is 31.8 Å². The summed E-state index contributed by atoms with van der Waals surface area (Å²) in [7, 11) is -4.13. The average Bonchev–Trinajstić information content (AvgIpc) is 2.19. The van der Waals surface area contributed by atoms with Crippen molar-refractivity contribution >= 4 is 15.8 Å². The number of anilines is 1. The van der Waals surface area contributed by atoms with Crippen molar-refractivity contribution in [2.45, 2.75) is 6.92 Å². The Morgan fingerprint density at radius 2 is 1.81 bits per heavy atom. The third kappa shape index (κ3) is 6.34. The summed E-state index contributed by atoms with van der Waals surface area (Å²) >= 11 is 0. The molecule has 0 atom stereocenters. The second-order valence-corrected chi connectivity index (χ2v) is 4.70. The molecule has 0 bridgehead atoms. The topological polar surface area (TPSA) is 60.4 Å². The first-order valence-corrected chi connectivity index (χ1v) is 6.34. The van der Waals surface area contributed by atoms with Gasteiger partial charge in [-0.05, 0) is 19.1 Å². The molecule has 0 aliphatic heterocycles. The van der Waals surface area contributed by atoms with Crippen molar-refractivity contribution in [3.05, 3.63) is 30.3 Å². The van der Waals surface area contributed by atoms with E-state index < -0.39 is 10.1 Å². The first kappa shape index (κ1) is 16.6. The summed E-state index contributed by atoms with van der Waals surface area (Å²) in [5.41, 5.74) is 0.934. The third-order valence-corrected chi connectivity index (χ3v) is 2.80. The number of hydrogen-bond donors (Lipinski definition) is 0. The Bertz CT molecular complexity index is 394. The molecular formula is C10H14KNO3S. The van der Waals surface area contributed by atoms with Gasteiger partial charge in [0.2, 0.25) is 0 Å². The van der Waals surface area contributed by atoms with E-state index in [2.05, 4.69) is 0 Å². The van der Waals surface area contributed by atoms with Crippen LogP contribution in [0.3, 0.4) is 0 Å². The molecule has 1 aromatic rings. The summed E-state index contributed by atoms with van der Waals surface area (Å²) in [6.45, 7) is 2.84. The maximum absolute atomic E-state index is 10.5. The van der Waals surface area contributed by atoms with Gasteiger partial charge in [0.15, 0.2) is 0 Å². The summed E-state index contributed by atoms with van der Waals surface area (Å²) in [6, 6.07) is 9.43. The summed E-state index contributed by atoms with van der Waals surface area (Å²) in [6.07, 6.45) is 0. The van der Waals surface area contributed by atoms with Gasteiger partial charge in [-0.25, -0.2) is 8.42 Å². The van der Waals surface area contributed by atoms with E-state index in [1.807, 2.05) is 42.2 Å². The van der Waals surface area contributed by atoms with Crippen molar-refractivity contribution in [1.82, 2.24) is 0 Å². The number of rotatable bonds is 5. The maximum Gasteiger partial charge on any atom is 1.00 e. The van der Waals surface area contributed by atoms with Crippen molar-refractivity contribution < 1.29 is 64.4 Å². The zero-order chi connectivity index (χ0) is 11.3. The molecule has 0 aromatic heterocycles. The van der Waals surface area contributed by atoms with Crippen LogP contribution in [-0.2, 0) is 10.1 Å². The normalized spacial score (nSPS) is 10.6. The smallest absolute Gasteiger partial charge is 0.748 e. The predicted molar refractivity (Wildman–Crippen MR) is 58.9 cm³/mol. The Kier molecular flexibility index (Phi) is 8.09. The SMILES string of the molecule is CCN(CCS(=O)(=O)[O-])c1ccccc1.[K+]. The van der Waals surface area contributed by atoms with Crippen molar-refractivity contribution in [2.75, 3.05) is 23.7 Å². The van der Waals surface area contributed by atoms with Gasteiger partial charge in [-0.3, -0.25) is 0 Å². The van der Waals surface area contributed by atoms with E-state index in [1.54, 1.807) is 0 Å². The molecular weight excluding hydrogens is 253 g/mol. The van der Waals surface area contributed by atoms with Crippen LogP contribution < -0.4 is 56.3 Å². The van der Waals surface area contributed by atoms with Crippen LogP contribution in [0, 0.1) is 0 Å². The minimum Gasteiger partial charge on any atom is -0.748 e. The molecule has 4 nitrogen and oxygen atoms in total. The summed E-state index contributed by atoms with van der Waals surface area (Å²) in [5, 5.41) is 0. The Hall–Kier alpha value is 0.566. The van der Waals surface area contributed by atoms with Gasteiger partial charge in [0.05, 0.1) is 15.9 Å². The van der Waals surface area contributed by atoms with Crippen LogP contribution >= 0.6 is 0 Å². The van der Waals surface area contributed by atoms with Gasteiger partial charge in [0.1, 0.15) is 0 Å². The van der Waals surface area contributed by atoms with Gasteiger partial charge in [0, 0.05) is 18.8 Å². The molecule has 1 aromatic carbocycles. The second-order valence-electron chi connectivity index (χ2n) is 3.18. The van der Waals surface area contributed by atoms with Crippen molar-refractivity contribution in [3.63, 3.8) is 0 Å². The molecule has 0 saturated carbocycles. The van der Waals surface area contributed by atoms with E-state index in [0.717, 1.165) is 5.69 Å². The fraction of sp³-hybridized carbons (Fsp3) is 0.400. The van der Waals surface area contributed by atoms with E-state index in [9.17, 15) is 13.0 Å². The largest absolute Gasteiger partial charge is 1.00 e. The van der Waals surface area contributed by atoms with E-state index in [0.29, 0.717) is 6.54 Å². The fourth-order valence-electron chi connectivity index (χ4n) is 1.33. The molecule has 16 heavy (non-hydrogen) atoms. The molecule has 6 heteroatoms. The molecule has 0 N–H and O–H groups in total. The molecule has 0 amide bonds. The van der Waals surface area contributed by atoms with E-state index in [-0.39, 0.29) is 63.7 Å². The molecule has 0 radical (unpaired) electrons. The number of nitrogens with zero attached hydrogens (tertiary/aromatic N) is 1. The Morgan fingerprint density at radius 1 is 1.25 bits per heavy atom. The van der Waals surface area contributed by atoms with Gasteiger partial charge in [-0.2, -0.15) is 0 Å². The molecule has 84 valence electrons. The summed E-state index contributed by atoms with van der Waals surface area (Å²) in [5.74, 6) is -0.351. The van der Waals surface area contributed by atoms with Crippen molar-refractivity contribution in [2.24, 2.45) is 0 Å². The minimum absolute atomic E-state index is 0. The zero-order valence-corrected chi connectivity index (χ0v) is 13.5. The second kappa shape index (κ2) is 7.81. The standard InChI is InChI=1S/C10H15NO3S.K/c1-2-11(8-9-15(12,13)14)10-6-4-3-5-7-10;/h3-7H,2,8-9H2,1H3,(H,12,13,14);/q;+1/p-1. The first-order valence-electron chi connectivity index (χ1n) is 4.76. The van der Waals surface area contributed by atoms with Crippen molar-refractivity contribution in [3.8, 4) is 0 Å². The van der Waals surface area contributed by atoms with Gasteiger partial charge in [-0.15, -0.1) is 0 Å². The van der Waals surface area contributed by atoms with Crippen LogP contribution in [0.4, 0.5) is 5.69 Å². The Morgan fingerprint density at radius 3 is 2.25 bits per heavy atom. The third-order valence-electron chi connectivity index (χ3n) is 2.11. The molecule has 0 spiro atoms. The van der Waals surface area contributed by atoms with Gasteiger partial charge in [-0.1, -0.05) is 18.2 Å². The summed E-state index contributed by atoms with van der Waals surface area (Å²) < 4.78 is 31.5. The number of hydrogen-bond acceptors (Lipinski definition) is 4. The van der Waals surface area contributed by atoms with Crippen LogP contribution in [0.5, 0.6) is 0 Å². The molecule has 0 aliphatic carbocycles. The fourth-order valence-corrected chi connectivity index (χ4v) is 1.77. The van der Waals surface area contributed by atoms with Gasteiger partial charge in [0.25, 0.3) is 0 Å². The van der Waals surface area contributed by atoms with Crippen LogP contribution in [0.2, 0.25) is 0 Å². The monoisotopic (exact) mass is 267 g/mol. The zero-order valence-electron chi connectivity index (χ0n) is 9.59. The molecule has 0 heterocycles. The van der Waals surface area contributed by atoms with Crippen LogP contribution in [0.1, 0.15) is 6.92 Å². The Balaban J connectivity index is 0.00000225. The van der Waals surface area contributed by atoms with Crippen LogP contribution in [0.25, 0.3) is 0 Å². The van der Waals surface area contributed by atoms with Crippen LogP contribution in [0.15, 0.2) is 30.3 Å². The molecule has 0 saturated heterocycles. The quantitative estimate of drug-likeness (QED) is 0.460. The number of benzene rings is 1. The molecule has 0 unspecified atom stereocenters. The minimum atomic E-state index is -4.13. The van der Waals surface area contributed by atoms with Gasteiger partial charge >= 0.3 is 51.4 Å². The first-order chi connectivity index (χ1) is 7.03. The molecule has 1 rings (SSSR count). The van der Waals surface area contributed by atoms with E-state index in [1.165, 1.54) is 0 Å². The molecule has 0 fully saturated rings.